The van der Waals surface area contributed by atoms with Crippen molar-refractivity contribution in [3.05, 3.63) is 22.6 Å². The Bertz CT molecular complexity index is 598. The van der Waals surface area contributed by atoms with Gasteiger partial charge in [-0.2, -0.15) is 0 Å². The molecule has 78 valence electrons. The van der Waals surface area contributed by atoms with Gasteiger partial charge in [-0.15, -0.1) is 0 Å². The number of rotatable bonds is 0. The zero-order valence-electron chi connectivity index (χ0n) is 7.26. The number of fused-ring (bicyclic) bond motifs is 1. The highest BCUT2D eigenvalue weighted by molar-refractivity contribution is 5.93. The molecule has 0 spiro atoms. The van der Waals surface area contributed by atoms with Gasteiger partial charge >= 0.3 is 5.63 Å². The molecule has 0 unspecified atom stereocenters. The Hall–Kier alpha value is -2.37. The van der Waals surface area contributed by atoms with Crippen LogP contribution in [0.15, 0.2) is 21.3 Å². The van der Waals surface area contributed by atoms with E-state index in [4.69, 9.17) is 5.11 Å². The summed E-state index contributed by atoms with van der Waals surface area (Å²) in [6.07, 6.45) is 0. The molecule has 0 bridgehead atoms. The second-order valence-electron chi connectivity index (χ2n) is 2.89. The fraction of sp³-hybridized carbons (Fsp3) is 0. The van der Waals surface area contributed by atoms with Gasteiger partial charge in [0, 0.05) is 6.07 Å². The van der Waals surface area contributed by atoms with E-state index >= 15 is 0 Å². The lowest BCUT2D eigenvalue weighted by atomic mass is 10.1. The summed E-state index contributed by atoms with van der Waals surface area (Å²) in [5.74, 6) is -3.26. The summed E-state index contributed by atoms with van der Waals surface area (Å²) in [5, 5.41) is 37.0. The largest absolute Gasteiger partial charge is 0.504 e. The first kappa shape index (κ1) is 9.20. The zero-order valence-corrected chi connectivity index (χ0v) is 7.26. The van der Waals surface area contributed by atoms with Crippen LogP contribution in [0.1, 0.15) is 0 Å². The summed E-state index contributed by atoms with van der Waals surface area (Å²) in [4.78, 5) is 10.8. The molecule has 0 radical (unpaired) electrons. The number of hydrogen-bond donors (Lipinski definition) is 4. The van der Waals surface area contributed by atoms with Crippen LogP contribution in [-0.2, 0) is 0 Å². The van der Waals surface area contributed by atoms with Crippen LogP contribution in [0.2, 0.25) is 0 Å². The molecule has 0 aliphatic heterocycles. The van der Waals surface area contributed by atoms with E-state index in [2.05, 4.69) is 4.42 Å². The number of hydrogen-bond acceptors (Lipinski definition) is 6. The van der Waals surface area contributed by atoms with Gasteiger partial charge in [-0.1, -0.05) is 0 Å². The van der Waals surface area contributed by atoms with Crippen molar-refractivity contribution in [3.8, 4) is 23.0 Å². The quantitative estimate of drug-likeness (QED) is 0.288. The van der Waals surface area contributed by atoms with E-state index in [0.29, 0.717) is 0 Å². The van der Waals surface area contributed by atoms with E-state index in [9.17, 15) is 20.1 Å². The zero-order chi connectivity index (χ0) is 11.2. The highest BCUT2D eigenvalue weighted by atomic mass is 16.4. The third-order valence-corrected chi connectivity index (χ3v) is 1.98. The Labute approximate surface area is 82.3 Å². The Kier molecular flexibility index (Phi) is 1.72. The first-order chi connectivity index (χ1) is 7.02. The summed E-state index contributed by atoms with van der Waals surface area (Å²) in [6, 6.07) is 2.17. The van der Waals surface area contributed by atoms with E-state index < -0.39 is 28.6 Å². The minimum atomic E-state index is -0.936. The predicted octanol–water partition coefficient (Wildman–Crippen LogP) is 0.615. The molecule has 0 saturated carbocycles. The summed E-state index contributed by atoms with van der Waals surface area (Å²) in [5.41, 5.74) is -1.13. The number of benzene rings is 1. The average molecular weight is 210 g/mol. The molecule has 0 atom stereocenters. The third-order valence-electron chi connectivity index (χ3n) is 1.98. The van der Waals surface area contributed by atoms with Gasteiger partial charge in [-0.25, -0.2) is 4.79 Å². The van der Waals surface area contributed by atoms with Crippen LogP contribution in [0.25, 0.3) is 11.0 Å². The first-order valence-corrected chi connectivity index (χ1v) is 3.92. The van der Waals surface area contributed by atoms with E-state index in [-0.39, 0.29) is 11.0 Å². The van der Waals surface area contributed by atoms with E-state index in [1.807, 2.05) is 0 Å². The Morgan fingerprint density at radius 1 is 0.867 bits per heavy atom. The molecule has 0 aliphatic rings. The minimum absolute atomic E-state index is 0.0672. The van der Waals surface area contributed by atoms with Crippen molar-refractivity contribution in [3.63, 3.8) is 0 Å². The van der Waals surface area contributed by atoms with Crippen LogP contribution in [0.3, 0.4) is 0 Å². The topological polar surface area (TPSA) is 111 Å². The number of phenols is 4. The van der Waals surface area contributed by atoms with Crippen LogP contribution >= 0.6 is 0 Å². The molecule has 2 rings (SSSR count). The smallest absolute Gasteiger partial charge is 0.336 e. The Morgan fingerprint density at radius 3 is 2.13 bits per heavy atom. The maximum Gasteiger partial charge on any atom is 0.336 e. The summed E-state index contributed by atoms with van der Waals surface area (Å²) >= 11 is 0. The van der Waals surface area contributed by atoms with Crippen molar-refractivity contribution in [1.29, 1.82) is 0 Å². The van der Waals surface area contributed by atoms with Crippen LogP contribution in [0, 0.1) is 0 Å². The molecule has 6 nitrogen and oxygen atoms in total. The van der Waals surface area contributed by atoms with Crippen LogP contribution in [-0.4, -0.2) is 20.4 Å². The molecule has 1 aromatic heterocycles. The molecule has 0 fully saturated rings. The molecule has 15 heavy (non-hydrogen) atoms. The lowest BCUT2D eigenvalue weighted by molar-refractivity contribution is 0.346. The van der Waals surface area contributed by atoms with E-state index in [1.165, 1.54) is 0 Å². The maximum atomic E-state index is 10.8. The molecule has 2 aromatic rings. The van der Waals surface area contributed by atoms with Gasteiger partial charge in [0.15, 0.2) is 11.3 Å². The second-order valence-corrected chi connectivity index (χ2v) is 2.89. The van der Waals surface area contributed by atoms with E-state index in [1.54, 1.807) is 0 Å². The predicted molar refractivity (Wildman–Crippen MR) is 49.1 cm³/mol. The minimum Gasteiger partial charge on any atom is -0.504 e. The van der Waals surface area contributed by atoms with Crippen LogP contribution in [0.4, 0.5) is 0 Å². The molecule has 0 saturated heterocycles. The van der Waals surface area contributed by atoms with Crippen LogP contribution in [0.5, 0.6) is 23.0 Å². The van der Waals surface area contributed by atoms with Crippen molar-refractivity contribution >= 4 is 11.0 Å². The molecule has 6 heteroatoms. The number of phenolic OH excluding ortho intramolecular Hbond substituents is 4. The van der Waals surface area contributed by atoms with Gasteiger partial charge in [0.05, 0.1) is 5.39 Å². The van der Waals surface area contributed by atoms with Crippen molar-refractivity contribution in [1.82, 2.24) is 0 Å². The monoisotopic (exact) mass is 210 g/mol. The average Bonchev–Trinajstić information content (AvgIpc) is 2.23. The molecule has 0 amide bonds. The van der Waals surface area contributed by atoms with Gasteiger partial charge in [0.1, 0.15) is 0 Å². The van der Waals surface area contributed by atoms with Gasteiger partial charge in [-0.05, 0) is 6.07 Å². The Morgan fingerprint density at radius 2 is 1.47 bits per heavy atom. The Balaban J connectivity index is 3.07. The van der Waals surface area contributed by atoms with Crippen molar-refractivity contribution in [2.45, 2.75) is 0 Å². The van der Waals surface area contributed by atoms with E-state index in [0.717, 1.165) is 12.1 Å². The molecule has 1 heterocycles. The molecule has 1 aromatic carbocycles. The molecule has 0 aliphatic carbocycles. The lowest BCUT2D eigenvalue weighted by Crippen LogP contribution is -1.94. The van der Waals surface area contributed by atoms with Crippen molar-refractivity contribution in [2.24, 2.45) is 0 Å². The van der Waals surface area contributed by atoms with Gasteiger partial charge in [0.2, 0.25) is 17.2 Å². The third kappa shape index (κ3) is 1.15. The highest BCUT2D eigenvalue weighted by Gasteiger charge is 2.19. The van der Waals surface area contributed by atoms with Crippen molar-refractivity contribution in [2.75, 3.05) is 0 Å². The first-order valence-electron chi connectivity index (χ1n) is 3.92. The summed E-state index contributed by atoms with van der Waals surface area (Å²) < 4.78 is 4.57. The van der Waals surface area contributed by atoms with Gasteiger partial charge in [0.25, 0.3) is 0 Å². The summed E-state index contributed by atoms with van der Waals surface area (Å²) in [6.45, 7) is 0. The standard InChI is InChI=1S/C9H6O6/c10-4-2-1-3-5(11)6(12)7(13)8(14)9(3)15-4/h1-2,11-14H. The summed E-state index contributed by atoms with van der Waals surface area (Å²) in [7, 11) is 0. The second kappa shape index (κ2) is 2.81. The SMILES string of the molecule is O=c1ccc2c(O)c(O)c(O)c(O)c2o1. The fourth-order valence-electron chi connectivity index (χ4n) is 1.24. The molecule has 4 N–H and O–H groups in total. The molecular formula is C9H6O6. The normalized spacial score (nSPS) is 10.7. The molecular weight excluding hydrogens is 204 g/mol. The fourth-order valence-corrected chi connectivity index (χ4v) is 1.24. The highest BCUT2D eigenvalue weighted by Crippen LogP contribution is 2.47. The lowest BCUT2D eigenvalue weighted by Gasteiger charge is -2.06. The van der Waals surface area contributed by atoms with Crippen molar-refractivity contribution < 1.29 is 24.8 Å². The number of aromatic hydroxyl groups is 4. The van der Waals surface area contributed by atoms with Gasteiger partial charge < -0.3 is 24.8 Å². The maximum absolute atomic E-state index is 10.8. The van der Waals surface area contributed by atoms with Gasteiger partial charge in [-0.3, -0.25) is 0 Å². The van der Waals surface area contributed by atoms with Crippen LogP contribution < -0.4 is 5.63 Å².